The second-order valence-electron chi connectivity index (χ2n) is 8.23. The minimum absolute atomic E-state index is 0.0921. The number of aromatic nitrogens is 2. The van der Waals surface area contributed by atoms with Crippen LogP contribution in [0.3, 0.4) is 0 Å². The molecule has 0 spiro atoms. The number of rotatable bonds is 2. The lowest BCUT2D eigenvalue weighted by molar-refractivity contribution is 0.00578. The zero-order valence-electron chi connectivity index (χ0n) is 16.4. The van der Waals surface area contributed by atoms with Crippen molar-refractivity contribution < 1.29 is 9.31 Å². The quantitative estimate of drug-likeness (QED) is 0.602. The van der Waals surface area contributed by atoms with Gasteiger partial charge < -0.3 is 14.2 Å². The van der Waals surface area contributed by atoms with Gasteiger partial charge in [-0.2, -0.15) is 0 Å². The van der Waals surface area contributed by atoms with Crippen LogP contribution in [0.1, 0.15) is 40.5 Å². The summed E-state index contributed by atoms with van der Waals surface area (Å²) in [6, 6.07) is 5.38. The Morgan fingerprint density at radius 3 is 2.33 bits per heavy atom. The molecule has 0 radical (unpaired) electrons. The highest BCUT2D eigenvalue weighted by atomic mass is 16.7. The Labute approximate surface area is 159 Å². The van der Waals surface area contributed by atoms with E-state index in [0.717, 1.165) is 31.4 Å². The summed E-state index contributed by atoms with van der Waals surface area (Å²) < 4.78 is 14.0. The van der Waals surface area contributed by atoms with E-state index in [1.54, 1.807) is 16.7 Å². The van der Waals surface area contributed by atoms with E-state index in [0.29, 0.717) is 11.5 Å². The molecular weight excluding hydrogens is 341 g/mol. The molecule has 0 saturated carbocycles. The van der Waals surface area contributed by atoms with Crippen LogP contribution in [-0.2, 0) is 9.31 Å². The summed E-state index contributed by atoms with van der Waals surface area (Å²) in [7, 11) is -0.556. The number of pyridine rings is 1. The Hall–Kier alpha value is -2.12. The zero-order valence-corrected chi connectivity index (χ0v) is 16.4. The van der Waals surface area contributed by atoms with Crippen molar-refractivity contribution in [2.45, 2.75) is 51.7 Å². The van der Waals surface area contributed by atoms with Gasteiger partial charge in [0.1, 0.15) is 11.5 Å². The maximum atomic E-state index is 12.7. The highest BCUT2D eigenvalue weighted by Crippen LogP contribution is 2.36. The van der Waals surface area contributed by atoms with E-state index >= 15 is 0 Å². The molecule has 2 aliphatic rings. The van der Waals surface area contributed by atoms with Gasteiger partial charge in [-0.15, -0.1) is 0 Å². The second kappa shape index (κ2) is 6.50. The van der Waals surface area contributed by atoms with Crippen molar-refractivity contribution in [2.24, 2.45) is 0 Å². The van der Waals surface area contributed by atoms with Gasteiger partial charge in [-0.1, -0.05) is 18.2 Å². The number of nitrogens with zero attached hydrogens (tertiary/aromatic N) is 3. The van der Waals surface area contributed by atoms with Crippen LogP contribution < -0.4 is 15.9 Å². The first kappa shape index (κ1) is 18.3. The van der Waals surface area contributed by atoms with Crippen molar-refractivity contribution in [1.82, 2.24) is 9.38 Å². The van der Waals surface area contributed by atoms with Crippen molar-refractivity contribution >= 4 is 24.0 Å². The van der Waals surface area contributed by atoms with Crippen LogP contribution in [-0.4, -0.2) is 40.8 Å². The minimum atomic E-state index is -0.556. The van der Waals surface area contributed by atoms with E-state index in [-0.39, 0.29) is 5.56 Å². The van der Waals surface area contributed by atoms with E-state index in [1.807, 2.05) is 39.8 Å². The molecule has 0 unspecified atom stereocenters. The van der Waals surface area contributed by atoms with Crippen molar-refractivity contribution in [3.05, 3.63) is 46.9 Å². The number of hydrogen-bond acceptors (Lipinski definition) is 5. The first-order chi connectivity index (χ1) is 12.8. The fourth-order valence-corrected chi connectivity index (χ4v) is 3.49. The summed E-state index contributed by atoms with van der Waals surface area (Å²) >= 11 is 0. The normalized spacial score (nSPS) is 21.6. The van der Waals surface area contributed by atoms with Crippen LogP contribution in [0.5, 0.6) is 0 Å². The molecule has 0 bridgehead atoms. The van der Waals surface area contributed by atoms with Gasteiger partial charge in [0.15, 0.2) is 0 Å². The lowest BCUT2D eigenvalue weighted by atomic mass is 9.79. The summed E-state index contributed by atoms with van der Waals surface area (Å²) in [6.07, 6.45) is 8.03. The van der Waals surface area contributed by atoms with Crippen molar-refractivity contribution in [3.63, 3.8) is 0 Å². The van der Waals surface area contributed by atoms with E-state index < -0.39 is 18.3 Å². The van der Waals surface area contributed by atoms with Crippen LogP contribution >= 0.6 is 0 Å². The smallest absolute Gasteiger partial charge is 0.399 e. The van der Waals surface area contributed by atoms with E-state index in [9.17, 15) is 4.79 Å². The molecule has 27 heavy (non-hydrogen) atoms. The van der Waals surface area contributed by atoms with Crippen molar-refractivity contribution in [1.29, 1.82) is 0 Å². The summed E-state index contributed by atoms with van der Waals surface area (Å²) in [5.74, 6) is 0.715. The molecule has 2 aromatic rings. The molecule has 142 valence electrons. The Balaban J connectivity index is 1.79. The molecule has 0 aromatic carbocycles. The fourth-order valence-electron chi connectivity index (χ4n) is 3.49. The first-order valence-corrected chi connectivity index (χ1v) is 9.56. The van der Waals surface area contributed by atoms with Crippen LogP contribution in [0, 0.1) is 0 Å². The number of anilines is 1. The Kier molecular flexibility index (Phi) is 4.39. The summed E-state index contributed by atoms with van der Waals surface area (Å²) in [4.78, 5) is 19.8. The second-order valence-corrected chi connectivity index (χ2v) is 8.23. The third-order valence-corrected chi connectivity index (χ3v) is 5.84. The first-order valence-electron chi connectivity index (χ1n) is 9.56. The Bertz CT molecular complexity index is 925. The fraction of sp³-hybridized carbons (Fsp3) is 0.500. The predicted octanol–water partition coefficient (Wildman–Crippen LogP) is 2.15. The number of hydrogen-bond donors (Lipinski definition) is 0. The number of fused-ring (bicyclic) bond motifs is 1. The molecule has 2 aromatic heterocycles. The average molecular weight is 367 g/mol. The lowest BCUT2D eigenvalue weighted by Crippen LogP contribution is -2.41. The van der Waals surface area contributed by atoms with Gasteiger partial charge in [-0.3, -0.25) is 9.20 Å². The third kappa shape index (κ3) is 3.19. The molecular formula is C20H26BN3O3. The van der Waals surface area contributed by atoms with Gasteiger partial charge in [-0.25, -0.2) is 4.98 Å². The Morgan fingerprint density at radius 2 is 1.70 bits per heavy atom. The molecule has 1 fully saturated rings. The highest BCUT2D eigenvalue weighted by Gasteiger charge is 2.52. The molecule has 0 amide bonds. The van der Waals surface area contributed by atoms with Crippen LogP contribution in [0.2, 0.25) is 0 Å². The van der Waals surface area contributed by atoms with E-state index in [4.69, 9.17) is 14.3 Å². The third-order valence-electron chi connectivity index (χ3n) is 5.84. The lowest BCUT2D eigenvalue weighted by Gasteiger charge is -2.32. The maximum absolute atomic E-state index is 12.7. The minimum Gasteiger partial charge on any atom is -0.399 e. The summed E-state index contributed by atoms with van der Waals surface area (Å²) in [5, 5.41) is 0. The Morgan fingerprint density at radius 1 is 1.07 bits per heavy atom. The molecule has 4 heterocycles. The topological polar surface area (TPSA) is 56.1 Å². The average Bonchev–Trinajstić information content (AvgIpc) is 2.80. The maximum Gasteiger partial charge on any atom is 0.498 e. The summed E-state index contributed by atoms with van der Waals surface area (Å²) in [5.41, 5.74) is 0.391. The molecule has 0 N–H and O–H groups in total. The van der Waals surface area contributed by atoms with Gasteiger partial charge in [0.25, 0.3) is 5.56 Å². The molecule has 7 heteroatoms. The monoisotopic (exact) mass is 367 g/mol. The van der Waals surface area contributed by atoms with Gasteiger partial charge >= 0.3 is 7.12 Å². The van der Waals surface area contributed by atoms with Crippen LogP contribution in [0.4, 0.5) is 5.82 Å². The molecule has 4 rings (SSSR count). The SMILES string of the molecule is CC1(C)OB(c2cccn3c(=O)cc(N4CCC=CCC4)nc23)OC1(C)C. The van der Waals surface area contributed by atoms with Crippen LogP contribution in [0.15, 0.2) is 41.3 Å². The van der Waals surface area contributed by atoms with E-state index in [2.05, 4.69) is 17.1 Å². The van der Waals surface area contributed by atoms with Gasteiger partial charge in [0, 0.05) is 30.8 Å². The van der Waals surface area contributed by atoms with Gasteiger partial charge in [-0.05, 0) is 46.6 Å². The molecule has 0 atom stereocenters. The van der Waals surface area contributed by atoms with Gasteiger partial charge in [0.2, 0.25) is 0 Å². The molecule has 6 nitrogen and oxygen atoms in total. The van der Waals surface area contributed by atoms with Crippen LogP contribution in [0.25, 0.3) is 5.65 Å². The van der Waals surface area contributed by atoms with Crippen molar-refractivity contribution in [2.75, 3.05) is 18.0 Å². The molecule has 0 aliphatic carbocycles. The van der Waals surface area contributed by atoms with Crippen molar-refractivity contribution in [3.8, 4) is 0 Å². The highest BCUT2D eigenvalue weighted by molar-refractivity contribution is 6.64. The standard InChI is InChI=1S/C20H26BN3O3/c1-19(2)20(3,4)27-21(26-19)15-10-9-13-24-17(25)14-16(22-18(15)24)23-11-7-5-6-8-12-23/h5-6,9-10,13-14H,7-8,11-12H2,1-4H3. The zero-order chi connectivity index (χ0) is 19.2. The predicted molar refractivity (Wildman–Crippen MR) is 108 cm³/mol. The summed E-state index contributed by atoms with van der Waals surface area (Å²) in [6.45, 7) is 9.80. The largest absolute Gasteiger partial charge is 0.498 e. The molecule has 1 saturated heterocycles. The molecule has 2 aliphatic heterocycles. The van der Waals surface area contributed by atoms with Gasteiger partial charge in [0.05, 0.1) is 11.2 Å². The van der Waals surface area contributed by atoms with E-state index in [1.165, 1.54) is 0 Å².